The Kier molecular flexibility index (Phi) is 3.17. The van der Waals surface area contributed by atoms with Crippen LogP contribution in [0.1, 0.15) is 5.56 Å². The lowest BCUT2D eigenvalue weighted by atomic mass is 10.1. The molecule has 2 rings (SSSR count). The minimum atomic E-state index is -0.343. The number of nitrogens with zero attached hydrogens (tertiary/aromatic N) is 1. The van der Waals surface area contributed by atoms with E-state index in [0.717, 1.165) is 0 Å². The number of pyridine rings is 1. The molecule has 0 amide bonds. The predicted molar refractivity (Wildman–Crippen MR) is 60.6 cm³/mol. The highest BCUT2D eigenvalue weighted by atomic mass is 35.5. The fourth-order valence-corrected chi connectivity index (χ4v) is 1.72. The van der Waals surface area contributed by atoms with Gasteiger partial charge in [-0.15, -0.1) is 0 Å². The van der Waals surface area contributed by atoms with Crippen molar-refractivity contribution in [2.75, 3.05) is 0 Å². The summed E-state index contributed by atoms with van der Waals surface area (Å²) in [6.07, 6.45) is 1.54. The van der Waals surface area contributed by atoms with Crippen LogP contribution < -0.4 is 0 Å². The van der Waals surface area contributed by atoms with Gasteiger partial charge in [0, 0.05) is 11.8 Å². The summed E-state index contributed by atoms with van der Waals surface area (Å²) in [6.45, 7) is -0.163. The van der Waals surface area contributed by atoms with Crippen molar-refractivity contribution in [3.8, 4) is 11.3 Å². The second-order valence-corrected chi connectivity index (χ2v) is 3.68. The summed E-state index contributed by atoms with van der Waals surface area (Å²) in [4.78, 5) is 4.09. The molecule has 0 bridgehead atoms. The van der Waals surface area contributed by atoms with Crippen LogP contribution in [0, 0.1) is 5.82 Å². The largest absolute Gasteiger partial charge is 0.392 e. The SMILES string of the molecule is OCc1ccnc(-c2cccc(F)c2)c1Cl. The third-order valence-corrected chi connectivity index (χ3v) is 2.66. The summed E-state index contributed by atoms with van der Waals surface area (Å²) < 4.78 is 13.0. The summed E-state index contributed by atoms with van der Waals surface area (Å²) >= 11 is 6.05. The van der Waals surface area contributed by atoms with Crippen LogP contribution in [0.3, 0.4) is 0 Å². The van der Waals surface area contributed by atoms with Crippen molar-refractivity contribution in [1.29, 1.82) is 0 Å². The van der Waals surface area contributed by atoms with Gasteiger partial charge in [-0.25, -0.2) is 4.39 Å². The number of aromatic nitrogens is 1. The zero-order valence-electron chi connectivity index (χ0n) is 8.32. The normalized spacial score (nSPS) is 10.4. The Labute approximate surface area is 97.3 Å². The molecular weight excluding hydrogens is 229 g/mol. The minimum Gasteiger partial charge on any atom is -0.392 e. The van der Waals surface area contributed by atoms with Gasteiger partial charge in [0.25, 0.3) is 0 Å². The Morgan fingerprint density at radius 3 is 2.81 bits per heavy atom. The summed E-state index contributed by atoms with van der Waals surface area (Å²) in [5.74, 6) is -0.343. The molecule has 2 nitrogen and oxygen atoms in total. The summed E-state index contributed by atoms with van der Waals surface area (Å²) in [7, 11) is 0. The van der Waals surface area contributed by atoms with Gasteiger partial charge >= 0.3 is 0 Å². The monoisotopic (exact) mass is 237 g/mol. The molecule has 16 heavy (non-hydrogen) atoms. The molecular formula is C12H9ClFNO. The Bertz CT molecular complexity index is 516. The number of halogens is 2. The summed E-state index contributed by atoms with van der Waals surface area (Å²) in [5.41, 5.74) is 1.66. The van der Waals surface area contributed by atoms with E-state index < -0.39 is 0 Å². The van der Waals surface area contributed by atoms with Gasteiger partial charge in [-0.3, -0.25) is 4.98 Å². The molecule has 1 heterocycles. The zero-order valence-corrected chi connectivity index (χ0v) is 9.08. The fourth-order valence-electron chi connectivity index (χ4n) is 1.44. The second-order valence-electron chi connectivity index (χ2n) is 3.30. The molecule has 0 aliphatic rings. The molecule has 0 radical (unpaired) electrons. The van der Waals surface area contributed by atoms with Gasteiger partial charge in [-0.05, 0) is 23.8 Å². The van der Waals surface area contributed by atoms with E-state index in [0.29, 0.717) is 21.8 Å². The van der Waals surface area contributed by atoms with Crippen LogP contribution >= 0.6 is 11.6 Å². The third kappa shape index (κ3) is 2.05. The lowest BCUT2D eigenvalue weighted by Crippen LogP contribution is -1.91. The van der Waals surface area contributed by atoms with Crippen molar-refractivity contribution in [3.05, 3.63) is 52.9 Å². The highest BCUT2D eigenvalue weighted by molar-refractivity contribution is 6.33. The minimum absolute atomic E-state index is 0.163. The number of aliphatic hydroxyl groups is 1. The average Bonchev–Trinajstić information content (AvgIpc) is 2.29. The first-order valence-corrected chi connectivity index (χ1v) is 5.10. The third-order valence-electron chi connectivity index (χ3n) is 2.24. The molecule has 1 aromatic heterocycles. The molecule has 82 valence electrons. The van der Waals surface area contributed by atoms with E-state index in [1.807, 2.05) is 0 Å². The quantitative estimate of drug-likeness (QED) is 0.871. The first kappa shape index (κ1) is 11.0. The van der Waals surface area contributed by atoms with Crippen molar-refractivity contribution >= 4 is 11.6 Å². The van der Waals surface area contributed by atoms with Crippen molar-refractivity contribution in [1.82, 2.24) is 4.98 Å². The maximum absolute atomic E-state index is 13.0. The number of rotatable bonds is 2. The second kappa shape index (κ2) is 4.60. The highest BCUT2D eigenvalue weighted by Crippen LogP contribution is 2.28. The first-order valence-electron chi connectivity index (χ1n) is 4.72. The fraction of sp³-hybridized carbons (Fsp3) is 0.0833. The van der Waals surface area contributed by atoms with Crippen molar-refractivity contribution < 1.29 is 9.50 Å². The van der Waals surface area contributed by atoms with Gasteiger partial charge < -0.3 is 5.11 Å². The van der Waals surface area contributed by atoms with Gasteiger partial charge in [-0.1, -0.05) is 23.7 Å². The smallest absolute Gasteiger partial charge is 0.123 e. The van der Waals surface area contributed by atoms with Gasteiger partial charge in [0.15, 0.2) is 0 Å². The predicted octanol–water partition coefficient (Wildman–Crippen LogP) is 3.03. The van der Waals surface area contributed by atoms with E-state index in [4.69, 9.17) is 16.7 Å². The standard InChI is InChI=1S/C12H9ClFNO/c13-11-9(7-16)4-5-15-12(11)8-2-1-3-10(14)6-8/h1-6,16H,7H2. The van der Waals surface area contributed by atoms with Crippen LogP contribution in [0.15, 0.2) is 36.5 Å². The number of hydrogen-bond acceptors (Lipinski definition) is 2. The molecule has 0 unspecified atom stereocenters. The van der Waals surface area contributed by atoms with Crippen LogP contribution in [-0.2, 0) is 6.61 Å². The van der Waals surface area contributed by atoms with E-state index in [1.54, 1.807) is 18.2 Å². The van der Waals surface area contributed by atoms with Gasteiger partial charge in [0.1, 0.15) is 5.82 Å². The van der Waals surface area contributed by atoms with Crippen molar-refractivity contribution in [2.24, 2.45) is 0 Å². The molecule has 0 aliphatic carbocycles. The summed E-state index contributed by atoms with van der Waals surface area (Å²) in [6, 6.07) is 7.65. The molecule has 0 saturated carbocycles. The molecule has 4 heteroatoms. The van der Waals surface area contributed by atoms with Gasteiger partial charge in [0.2, 0.25) is 0 Å². The van der Waals surface area contributed by atoms with E-state index in [1.165, 1.54) is 18.3 Å². The number of benzene rings is 1. The van der Waals surface area contributed by atoms with E-state index in [2.05, 4.69) is 4.98 Å². The van der Waals surface area contributed by atoms with Crippen LogP contribution in [-0.4, -0.2) is 10.1 Å². The summed E-state index contributed by atoms with van der Waals surface area (Å²) in [5, 5.41) is 9.42. The van der Waals surface area contributed by atoms with Gasteiger partial charge in [0.05, 0.1) is 17.3 Å². The van der Waals surface area contributed by atoms with Crippen molar-refractivity contribution in [2.45, 2.75) is 6.61 Å². The molecule has 2 aromatic rings. The van der Waals surface area contributed by atoms with Crippen LogP contribution in [0.5, 0.6) is 0 Å². The Morgan fingerprint density at radius 1 is 1.31 bits per heavy atom. The van der Waals surface area contributed by atoms with Gasteiger partial charge in [-0.2, -0.15) is 0 Å². The van der Waals surface area contributed by atoms with Crippen molar-refractivity contribution in [3.63, 3.8) is 0 Å². The van der Waals surface area contributed by atoms with E-state index in [9.17, 15) is 4.39 Å². The maximum atomic E-state index is 13.0. The van der Waals surface area contributed by atoms with Crippen LogP contribution in [0.4, 0.5) is 4.39 Å². The van der Waals surface area contributed by atoms with E-state index >= 15 is 0 Å². The first-order chi connectivity index (χ1) is 7.72. The number of hydrogen-bond donors (Lipinski definition) is 1. The maximum Gasteiger partial charge on any atom is 0.123 e. The molecule has 0 aliphatic heterocycles. The number of aliphatic hydroxyl groups excluding tert-OH is 1. The van der Waals surface area contributed by atoms with Crippen LogP contribution in [0.2, 0.25) is 5.02 Å². The Balaban J connectivity index is 2.56. The molecule has 0 spiro atoms. The molecule has 0 fully saturated rings. The topological polar surface area (TPSA) is 33.1 Å². The zero-order chi connectivity index (χ0) is 11.5. The Hall–Kier alpha value is -1.45. The highest BCUT2D eigenvalue weighted by Gasteiger charge is 2.09. The average molecular weight is 238 g/mol. The Morgan fingerprint density at radius 2 is 2.12 bits per heavy atom. The molecule has 0 atom stereocenters. The van der Waals surface area contributed by atoms with E-state index in [-0.39, 0.29) is 12.4 Å². The molecule has 0 saturated heterocycles. The molecule has 1 N–H and O–H groups in total. The molecule has 1 aromatic carbocycles. The lowest BCUT2D eigenvalue weighted by Gasteiger charge is -2.06. The lowest BCUT2D eigenvalue weighted by molar-refractivity contribution is 0.282. The van der Waals surface area contributed by atoms with Crippen LogP contribution in [0.25, 0.3) is 11.3 Å².